The molecule has 0 radical (unpaired) electrons. The third kappa shape index (κ3) is 4.07. The van der Waals surface area contributed by atoms with Gasteiger partial charge in [-0.2, -0.15) is 0 Å². The predicted octanol–water partition coefficient (Wildman–Crippen LogP) is 3.63. The van der Waals surface area contributed by atoms with Crippen LogP contribution in [-0.4, -0.2) is 18.1 Å². The summed E-state index contributed by atoms with van der Waals surface area (Å²) in [5, 5.41) is 6.18. The highest BCUT2D eigenvalue weighted by Crippen LogP contribution is 2.26. The molecular weight excluding hydrogens is 288 g/mol. The standard InChI is InChI=1S/C15H20N2O3S/c1-9-7-13(11(3)20-9)10(2)16-15-17-12(8-21-15)5-6-14(18)19-4/h7-8,10H,5-6H2,1-4H3,(H,16,17). The Labute approximate surface area is 128 Å². The van der Waals surface area contributed by atoms with Gasteiger partial charge in [0.05, 0.1) is 25.3 Å². The molecule has 5 nitrogen and oxygen atoms in total. The number of rotatable bonds is 6. The van der Waals surface area contributed by atoms with Crippen molar-refractivity contribution in [3.8, 4) is 0 Å². The molecule has 0 aliphatic rings. The number of furan rings is 1. The Bertz CT molecular complexity index is 618. The fourth-order valence-corrected chi connectivity index (χ4v) is 3.00. The van der Waals surface area contributed by atoms with E-state index in [9.17, 15) is 4.79 Å². The van der Waals surface area contributed by atoms with Gasteiger partial charge in [-0.25, -0.2) is 4.98 Å². The monoisotopic (exact) mass is 308 g/mol. The second-order valence-corrected chi connectivity index (χ2v) is 5.81. The van der Waals surface area contributed by atoms with Gasteiger partial charge >= 0.3 is 5.97 Å². The largest absolute Gasteiger partial charge is 0.469 e. The Morgan fingerprint density at radius 1 is 1.52 bits per heavy atom. The molecule has 6 heteroatoms. The lowest BCUT2D eigenvalue weighted by Crippen LogP contribution is -2.07. The fraction of sp³-hybridized carbons (Fsp3) is 0.467. The van der Waals surface area contributed by atoms with Crippen LogP contribution in [0.3, 0.4) is 0 Å². The lowest BCUT2D eigenvalue weighted by Gasteiger charge is -2.11. The topological polar surface area (TPSA) is 64.4 Å². The quantitative estimate of drug-likeness (QED) is 0.826. The number of thiazole rings is 1. The summed E-state index contributed by atoms with van der Waals surface area (Å²) in [6.07, 6.45) is 0.957. The molecule has 0 saturated heterocycles. The lowest BCUT2D eigenvalue weighted by atomic mass is 10.1. The summed E-state index contributed by atoms with van der Waals surface area (Å²) in [5.41, 5.74) is 2.04. The third-order valence-corrected chi connectivity index (χ3v) is 4.07. The van der Waals surface area contributed by atoms with Crippen LogP contribution in [0.2, 0.25) is 0 Å². The van der Waals surface area contributed by atoms with Crippen molar-refractivity contribution in [1.29, 1.82) is 0 Å². The predicted molar refractivity (Wildman–Crippen MR) is 82.7 cm³/mol. The maximum atomic E-state index is 11.1. The van der Waals surface area contributed by atoms with Crippen molar-refractivity contribution < 1.29 is 13.9 Å². The van der Waals surface area contributed by atoms with Crippen LogP contribution in [0.4, 0.5) is 5.13 Å². The minimum absolute atomic E-state index is 0.127. The van der Waals surface area contributed by atoms with Crippen LogP contribution in [-0.2, 0) is 16.0 Å². The second kappa shape index (κ2) is 6.76. The number of carbonyl (C=O) groups is 1. The molecule has 0 amide bonds. The summed E-state index contributed by atoms with van der Waals surface area (Å²) in [7, 11) is 1.40. The van der Waals surface area contributed by atoms with Crippen LogP contribution in [0.25, 0.3) is 0 Å². The minimum Gasteiger partial charge on any atom is -0.469 e. The number of carbonyl (C=O) groups excluding carboxylic acids is 1. The number of esters is 1. The zero-order valence-electron chi connectivity index (χ0n) is 12.7. The first-order chi connectivity index (χ1) is 9.99. The van der Waals surface area contributed by atoms with Gasteiger partial charge in [0, 0.05) is 17.4 Å². The molecule has 1 unspecified atom stereocenters. The molecule has 0 spiro atoms. The molecule has 0 saturated carbocycles. The summed E-state index contributed by atoms with van der Waals surface area (Å²) >= 11 is 1.54. The SMILES string of the molecule is COC(=O)CCc1csc(NC(C)c2cc(C)oc2C)n1. The van der Waals surface area contributed by atoms with E-state index in [4.69, 9.17) is 4.42 Å². The third-order valence-electron chi connectivity index (χ3n) is 3.25. The van der Waals surface area contributed by atoms with Crippen LogP contribution in [0.15, 0.2) is 15.9 Å². The van der Waals surface area contributed by atoms with Gasteiger partial charge in [-0.3, -0.25) is 4.79 Å². The molecule has 21 heavy (non-hydrogen) atoms. The molecule has 114 valence electrons. The maximum Gasteiger partial charge on any atom is 0.305 e. The second-order valence-electron chi connectivity index (χ2n) is 4.95. The number of hydrogen-bond acceptors (Lipinski definition) is 6. The summed E-state index contributed by atoms with van der Waals surface area (Å²) in [6.45, 7) is 5.98. The Kier molecular flexibility index (Phi) is 5.01. The molecular formula is C15H20N2O3S. The number of anilines is 1. The average molecular weight is 308 g/mol. The van der Waals surface area contributed by atoms with Crippen molar-refractivity contribution >= 4 is 22.4 Å². The van der Waals surface area contributed by atoms with Gasteiger partial charge in [-0.05, 0) is 26.8 Å². The lowest BCUT2D eigenvalue weighted by molar-refractivity contribution is -0.140. The Hall–Kier alpha value is -1.82. The van der Waals surface area contributed by atoms with E-state index in [0.717, 1.165) is 27.9 Å². The zero-order chi connectivity index (χ0) is 15.4. The first kappa shape index (κ1) is 15.6. The van der Waals surface area contributed by atoms with E-state index in [1.54, 1.807) is 0 Å². The van der Waals surface area contributed by atoms with Gasteiger partial charge in [0.15, 0.2) is 5.13 Å². The van der Waals surface area contributed by atoms with E-state index < -0.39 is 0 Å². The van der Waals surface area contributed by atoms with Crippen LogP contribution in [0, 0.1) is 13.8 Å². The Morgan fingerprint density at radius 2 is 2.29 bits per heavy atom. The molecule has 2 rings (SSSR count). The molecule has 0 fully saturated rings. The van der Waals surface area contributed by atoms with Gasteiger partial charge in [-0.15, -0.1) is 11.3 Å². The van der Waals surface area contributed by atoms with Crippen molar-refractivity contribution in [2.45, 2.75) is 39.7 Å². The molecule has 1 N–H and O–H groups in total. The Morgan fingerprint density at radius 3 is 2.90 bits per heavy atom. The molecule has 0 aromatic carbocycles. The van der Waals surface area contributed by atoms with Crippen molar-refractivity contribution in [1.82, 2.24) is 4.98 Å². The van der Waals surface area contributed by atoms with E-state index in [-0.39, 0.29) is 12.0 Å². The van der Waals surface area contributed by atoms with Crippen LogP contribution >= 0.6 is 11.3 Å². The van der Waals surface area contributed by atoms with Gasteiger partial charge in [-0.1, -0.05) is 0 Å². The number of ether oxygens (including phenoxy) is 1. The molecule has 2 aromatic rings. The molecule has 0 aliphatic carbocycles. The number of nitrogens with zero attached hydrogens (tertiary/aromatic N) is 1. The summed E-state index contributed by atoms with van der Waals surface area (Å²) in [6, 6.07) is 2.17. The van der Waals surface area contributed by atoms with Crippen molar-refractivity contribution in [3.05, 3.63) is 34.2 Å². The smallest absolute Gasteiger partial charge is 0.305 e. The van der Waals surface area contributed by atoms with Crippen LogP contribution in [0.1, 0.15) is 42.2 Å². The van der Waals surface area contributed by atoms with E-state index in [0.29, 0.717) is 12.8 Å². The van der Waals surface area contributed by atoms with Gasteiger partial charge in [0.1, 0.15) is 11.5 Å². The highest BCUT2D eigenvalue weighted by Gasteiger charge is 2.14. The van der Waals surface area contributed by atoms with E-state index in [2.05, 4.69) is 22.0 Å². The molecule has 2 aromatic heterocycles. The van der Waals surface area contributed by atoms with Gasteiger partial charge in [0.2, 0.25) is 0 Å². The molecule has 2 heterocycles. The number of aromatic nitrogens is 1. The molecule has 0 bridgehead atoms. The number of hydrogen-bond donors (Lipinski definition) is 1. The minimum atomic E-state index is -0.213. The van der Waals surface area contributed by atoms with Crippen molar-refractivity contribution in [3.63, 3.8) is 0 Å². The summed E-state index contributed by atoms with van der Waals surface area (Å²) in [4.78, 5) is 15.6. The highest BCUT2D eigenvalue weighted by atomic mass is 32.1. The van der Waals surface area contributed by atoms with E-state index in [1.807, 2.05) is 25.3 Å². The average Bonchev–Trinajstić information content (AvgIpc) is 3.02. The van der Waals surface area contributed by atoms with Gasteiger partial charge < -0.3 is 14.5 Å². The van der Waals surface area contributed by atoms with Crippen LogP contribution in [0.5, 0.6) is 0 Å². The summed E-state index contributed by atoms with van der Waals surface area (Å²) < 4.78 is 10.2. The maximum absolute atomic E-state index is 11.1. The first-order valence-electron chi connectivity index (χ1n) is 6.84. The number of methoxy groups -OCH3 is 1. The molecule has 0 aliphatic heterocycles. The summed E-state index contributed by atoms with van der Waals surface area (Å²) in [5.74, 6) is 1.62. The van der Waals surface area contributed by atoms with Crippen molar-refractivity contribution in [2.24, 2.45) is 0 Å². The number of nitrogens with one attached hydrogen (secondary N) is 1. The Balaban J connectivity index is 1.95. The van der Waals surface area contributed by atoms with Crippen molar-refractivity contribution in [2.75, 3.05) is 12.4 Å². The fourth-order valence-electron chi connectivity index (χ4n) is 2.16. The van der Waals surface area contributed by atoms with Crippen LogP contribution < -0.4 is 5.32 Å². The number of aryl methyl sites for hydroxylation is 3. The zero-order valence-corrected chi connectivity index (χ0v) is 13.5. The van der Waals surface area contributed by atoms with E-state index >= 15 is 0 Å². The first-order valence-corrected chi connectivity index (χ1v) is 7.72. The highest BCUT2D eigenvalue weighted by molar-refractivity contribution is 7.13. The van der Waals surface area contributed by atoms with Gasteiger partial charge in [0.25, 0.3) is 0 Å². The normalized spacial score (nSPS) is 12.2. The van der Waals surface area contributed by atoms with E-state index in [1.165, 1.54) is 18.4 Å². The molecule has 1 atom stereocenters.